The molecule has 0 spiro atoms. The fraction of sp³-hybridized carbons (Fsp3) is 0.163. The molecule has 11 nitrogen and oxygen atoms in total. The molecule has 6 aromatic carbocycles. The number of anilines is 1. The molecule has 62 heavy (non-hydrogen) atoms. The highest BCUT2D eigenvalue weighted by Crippen LogP contribution is 2.40. The van der Waals surface area contributed by atoms with E-state index in [0.29, 0.717) is 49.5 Å². The van der Waals surface area contributed by atoms with Crippen molar-refractivity contribution < 1.29 is 29.0 Å². The summed E-state index contributed by atoms with van der Waals surface area (Å²) < 4.78 is 12.3. The summed E-state index contributed by atoms with van der Waals surface area (Å²) in [4.78, 5) is 42.2. The molecule has 3 N–H and O–H groups in total. The van der Waals surface area contributed by atoms with Gasteiger partial charge in [0, 0.05) is 25.1 Å². The smallest absolute Gasteiger partial charge is 0.326 e. The summed E-state index contributed by atoms with van der Waals surface area (Å²) in [7, 11) is 0. The van der Waals surface area contributed by atoms with Gasteiger partial charge in [0.05, 0.1) is 45.0 Å². The minimum atomic E-state index is -1.23. The van der Waals surface area contributed by atoms with E-state index < -0.39 is 30.1 Å². The number of aliphatic carboxylic acids is 1. The molecule has 0 radical (unpaired) electrons. The molecule has 13 heteroatoms. The highest BCUT2D eigenvalue weighted by molar-refractivity contribution is 6.42. The number of hydrogen-bond donors (Lipinski definition) is 3. The van der Waals surface area contributed by atoms with Crippen molar-refractivity contribution in [2.45, 2.75) is 50.7 Å². The highest BCUT2D eigenvalue weighted by Gasteiger charge is 2.37. The Morgan fingerprint density at radius 2 is 1.56 bits per heavy atom. The first-order chi connectivity index (χ1) is 30.0. The van der Waals surface area contributed by atoms with Gasteiger partial charge in [-0.15, -0.1) is 0 Å². The second-order valence-electron chi connectivity index (χ2n) is 15.1. The summed E-state index contributed by atoms with van der Waals surface area (Å²) in [6.45, 7) is 0.794. The number of halogens is 2. The topological polar surface area (TPSA) is 165 Å². The normalized spacial score (nSPS) is 16.0. The molecule has 2 amide bonds. The third kappa shape index (κ3) is 9.26. The van der Waals surface area contributed by atoms with Crippen LogP contribution in [-0.2, 0) is 46.9 Å². The lowest BCUT2D eigenvalue weighted by molar-refractivity contribution is -0.142. The van der Waals surface area contributed by atoms with E-state index in [9.17, 15) is 24.8 Å². The van der Waals surface area contributed by atoms with Crippen LogP contribution in [0.2, 0.25) is 10.0 Å². The standard InChI is InChI=1S/C49H37Cl2N5O6/c50-40-18-9-31(19-41(40)51)28-61-39-16-14-34(15-17-39)46-48(58)54-42-21-37-22-44(56(27-38(37)23-45(42)62-46)26-36-4-2-1-3-35(36)25-53)47(57)55-43(49(59)60)20-29-5-10-32(11-6-29)33-12-7-30(24-52)8-13-33/h1-19,21,23,43-44,46H,20,22,26-28H2,(H,54,58)(H,55,57)(H,59,60)/t43-,44?,46-/m0/s1. The number of ether oxygens (including phenoxy) is 2. The van der Waals surface area contributed by atoms with Gasteiger partial charge in [-0.3, -0.25) is 14.5 Å². The first-order valence-corrected chi connectivity index (χ1v) is 20.5. The summed E-state index contributed by atoms with van der Waals surface area (Å²) in [5, 5.41) is 36.0. The fourth-order valence-electron chi connectivity index (χ4n) is 7.68. The quantitative estimate of drug-likeness (QED) is 0.109. The number of rotatable bonds is 12. The largest absolute Gasteiger partial charge is 0.489 e. The van der Waals surface area contributed by atoms with Crippen molar-refractivity contribution in [3.63, 3.8) is 0 Å². The van der Waals surface area contributed by atoms with Crippen LogP contribution in [-0.4, -0.2) is 39.9 Å². The van der Waals surface area contributed by atoms with Crippen molar-refractivity contribution in [2.24, 2.45) is 0 Å². The molecule has 1 unspecified atom stereocenters. The lowest BCUT2D eigenvalue weighted by Gasteiger charge is -2.38. The third-order valence-corrected chi connectivity index (χ3v) is 11.8. The molecule has 3 atom stereocenters. The Labute approximate surface area is 367 Å². The average Bonchev–Trinajstić information content (AvgIpc) is 3.28. The number of hydrogen-bond acceptors (Lipinski definition) is 8. The van der Waals surface area contributed by atoms with Gasteiger partial charge in [0.1, 0.15) is 24.1 Å². The SMILES string of the molecule is N#Cc1ccc(-c2ccc(C[C@H](NC(=O)C3Cc4cc5c(cc4CN3Cc3ccccc3C#N)O[C@@H](c3ccc(OCc4ccc(Cl)c(Cl)c4)cc3)C(=O)N5)C(=O)O)cc2)cc1. The number of carboxylic acids is 1. The summed E-state index contributed by atoms with van der Waals surface area (Å²) >= 11 is 12.2. The van der Waals surface area contributed by atoms with Gasteiger partial charge >= 0.3 is 5.97 Å². The Kier molecular flexibility index (Phi) is 12.2. The van der Waals surface area contributed by atoms with Gasteiger partial charge in [-0.05, 0) is 100.0 Å². The number of carbonyl (C=O) groups is 3. The van der Waals surface area contributed by atoms with E-state index in [-0.39, 0.29) is 38.4 Å². The maximum Gasteiger partial charge on any atom is 0.326 e. The van der Waals surface area contributed by atoms with Crippen LogP contribution in [0.4, 0.5) is 5.69 Å². The minimum Gasteiger partial charge on any atom is -0.489 e. The second-order valence-corrected chi connectivity index (χ2v) is 15.9. The van der Waals surface area contributed by atoms with Crippen molar-refractivity contribution >= 4 is 46.7 Å². The molecule has 0 aliphatic carbocycles. The number of carbonyl (C=O) groups excluding carboxylic acids is 2. The molecule has 2 aliphatic heterocycles. The predicted octanol–water partition coefficient (Wildman–Crippen LogP) is 8.79. The van der Waals surface area contributed by atoms with Gasteiger partial charge in [0.25, 0.3) is 5.91 Å². The van der Waals surface area contributed by atoms with Crippen LogP contribution >= 0.6 is 23.2 Å². The van der Waals surface area contributed by atoms with Crippen LogP contribution in [0.15, 0.2) is 127 Å². The number of fused-ring (bicyclic) bond motifs is 2. The van der Waals surface area contributed by atoms with Gasteiger partial charge < -0.3 is 25.2 Å². The molecular formula is C49H37Cl2N5O6. The Bertz CT molecular complexity index is 2770. The molecule has 308 valence electrons. The first-order valence-electron chi connectivity index (χ1n) is 19.7. The highest BCUT2D eigenvalue weighted by atomic mass is 35.5. The van der Waals surface area contributed by atoms with E-state index in [1.165, 1.54) is 0 Å². The molecule has 6 aromatic rings. The molecule has 0 fully saturated rings. The van der Waals surface area contributed by atoms with Crippen LogP contribution < -0.4 is 20.1 Å². The van der Waals surface area contributed by atoms with Gasteiger partial charge in [0.2, 0.25) is 12.0 Å². The van der Waals surface area contributed by atoms with Crippen LogP contribution in [0.3, 0.4) is 0 Å². The zero-order chi connectivity index (χ0) is 43.3. The number of amides is 2. The Morgan fingerprint density at radius 1 is 0.855 bits per heavy atom. The molecule has 0 bridgehead atoms. The van der Waals surface area contributed by atoms with Crippen molar-refractivity contribution in [1.82, 2.24) is 10.2 Å². The van der Waals surface area contributed by atoms with E-state index >= 15 is 0 Å². The van der Waals surface area contributed by atoms with E-state index in [2.05, 4.69) is 22.8 Å². The van der Waals surface area contributed by atoms with E-state index in [0.717, 1.165) is 33.4 Å². The summed E-state index contributed by atoms with van der Waals surface area (Å²) in [5.74, 6) is -0.970. The molecule has 0 aromatic heterocycles. The van der Waals surface area contributed by atoms with Crippen LogP contribution in [0, 0.1) is 22.7 Å². The van der Waals surface area contributed by atoms with Crippen molar-refractivity contribution in [3.05, 3.63) is 182 Å². The molecule has 0 saturated heterocycles. The molecular weight excluding hydrogens is 825 g/mol. The zero-order valence-corrected chi connectivity index (χ0v) is 34.5. The van der Waals surface area contributed by atoms with Gasteiger partial charge in [-0.25, -0.2) is 4.79 Å². The van der Waals surface area contributed by atoms with Crippen LogP contribution in [0.5, 0.6) is 11.5 Å². The van der Waals surface area contributed by atoms with Crippen molar-refractivity contribution in [2.75, 3.05) is 5.32 Å². The van der Waals surface area contributed by atoms with E-state index in [4.69, 9.17) is 37.9 Å². The first kappa shape index (κ1) is 41.6. The molecule has 2 aliphatic rings. The lowest BCUT2D eigenvalue weighted by Crippen LogP contribution is -2.54. The minimum absolute atomic E-state index is 0.0435. The second kappa shape index (κ2) is 18.2. The van der Waals surface area contributed by atoms with E-state index in [1.807, 2.05) is 71.6 Å². The van der Waals surface area contributed by atoms with Crippen molar-refractivity contribution in [3.8, 4) is 34.8 Å². The summed E-state index contributed by atoms with van der Waals surface area (Å²) in [5.41, 5.74) is 7.86. The number of nitrogens with one attached hydrogen (secondary N) is 2. The number of nitrogens with zero attached hydrogens (tertiary/aromatic N) is 3. The molecule has 2 heterocycles. The van der Waals surface area contributed by atoms with Crippen molar-refractivity contribution in [1.29, 1.82) is 10.5 Å². The average molecular weight is 863 g/mol. The number of carboxylic acid groups (broad SMARTS) is 1. The Balaban J connectivity index is 0.995. The van der Waals surface area contributed by atoms with E-state index in [1.54, 1.807) is 60.7 Å². The van der Waals surface area contributed by atoms with Crippen LogP contribution in [0.1, 0.15) is 50.6 Å². The number of benzene rings is 6. The Morgan fingerprint density at radius 3 is 2.26 bits per heavy atom. The third-order valence-electron chi connectivity index (χ3n) is 11.0. The van der Waals surface area contributed by atoms with Gasteiger partial charge in [-0.1, -0.05) is 96.0 Å². The molecule has 8 rings (SSSR count). The zero-order valence-electron chi connectivity index (χ0n) is 33.0. The van der Waals surface area contributed by atoms with Crippen LogP contribution in [0.25, 0.3) is 11.1 Å². The lowest BCUT2D eigenvalue weighted by atomic mass is 9.91. The van der Waals surface area contributed by atoms with Gasteiger partial charge in [0.15, 0.2) is 0 Å². The number of nitriles is 2. The fourth-order valence-corrected chi connectivity index (χ4v) is 8.00. The maximum atomic E-state index is 14.2. The molecule has 0 saturated carbocycles. The summed E-state index contributed by atoms with van der Waals surface area (Å²) in [6.07, 6.45) is -0.690. The Hall–Kier alpha value is -7.15. The summed E-state index contributed by atoms with van der Waals surface area (Å²) in [6, 6.07) is 40.1. The maximum absolute atomic E-state index is 14.2. The predicted molar refractivity (Wildman–Crippen MR) is 233 cm³/mol. The van der Waals surface area contributed by atoms with Gasteiger partial charge in [-0.2, -0.15) is 10.5 Å². The monoisotopic (exact) mass is 861 g/mol.